The van der Waals surface area contributed by atoms with Crippen LogP contribution in [0.4, 0.5) is 0 Å². The summed E-state index contributed by atoms with van der Waals surface area (Å²) in [7, 11) is -3.44. The van der Waals surface area contributed by atoms with E-state index in [-0.39, 0.29) is 15.1 Å². The molecule has 0 radical (unpaired) electrons. The first kappa shape index (κ1) is 17.9. The first-order valence-electron chi connectivity index (χ1n) is 5.88. The van der Waals surface area contributed by atoms with Gasteiger partial charge in [-0.15, -0.1) is 10.2 Å². The molecule has 0 aromatic carbocycles. The fourth-order valence-electron chi connectivity index (χ4n) is 0.982. The Balaban J connectivity index is 0.000000555. The molecule has 7 nitrogen and oxygen atoms in total. The highest BCUT2D eigenvalue weighted by atomic mass is 32.2. The van der Waals surface area contributed by atoms with Gasteiger partial charge in [-0.2, -0.15) is 0 Å². The van der Waals surface area contributed by atoms with Crippen molar-refractivity contribution in [3.8, 4) is 0 Å². The third-order valence-electron chi connectivity index (χ3n) is 1.89. The molecule has 0 aliphatic carbocycles. The van der Waals surface area contributed by atoms with Gasteiger partial charge in [0.2, 0.25) is 19.2 Å². The lowest BCUT2D eigenvalue weighted by atomic mass is 10.3. The first-order chi connectivity index (χ1) is 8.88. The maximum atomic E-state index is 11.4. The van der Waals surface area contributed by atoms with Crippen LogP contribution >= 0.6 is 11.3 Å². The fourth-order valence-corrected chi connectivity index (χ4v) is 3.27. The standard InChI is InChI=1S/C6H8N2O4S2.C4H11N/c1-2-3-14(11,12)6-8-7-4(13-6)5(9)10;1-2-3-4-5/h2-3H2,1H3,(H,9,10);2-5H2,1H3. The van der Waals surface area contributed by atoms with E-state index in [2.05, 4.69) is 17.1 Å². The van der Waals surface area contributed by atoms with Crippen LogP contribution in [-0.4, -0.2) is 42.0 Å². The van der Waals surface area contributed by atoms with Crippen LogP contribution in [0.1, 0.15) is 42.9 Å². The minimum Gasteiger partial charge on any atom is -0.476 e. The minimum absolute atomic E-state index is 0.0404. The lowest BCUT2D eigenvalue weighted by Gasteiger charge is -1.93. The van der Waals surface area contributed by atoms with Crippen LogP contribution in [0.15, 0.2) is 4.34 Å². The fraction of sp³-hybridized carbons (Fsp3) is 0.700. The van der Waals surface area contributed by atoms with E-state index in [1.165, 1.54) is 12.8 Å². The summed E-state index contributed by atoms with van der Waals surface area (Å²) in [6.07, 6.45) is 2.85. The van der Waals surface area contributed by atoms with E-state index >= 15 is 0 Å². The Hall–Kier alpha value is -1.06. The molecule has 1 aromatic heterocycles. The molecule has 0 aliphatic heterocycles. The van der Waals surface area contributed by atoms with E-state index < -0.39 is 15.8 Å². The molecule has 0 aliphatic rings. The average Bonchev–Trinajstić information content (AvgIpc) is 2.81. The average molecular weight is 309 g/mol. The summed E-state index contributed by atoms with van der Waals surface area (Å²) >= 11 is 0.578. The Kier molecular flexibility index (Phi) is 8.44. The maximum absolute atomic E-state index is 11.4. The molecule has 0 bridgehead atoms. The van der Waals surface area contributed by atoms with Gasteiger partial charge in [-0.05, 0) is 19.4 Å². The summed E-state index contributed by atoms with van der Waals surface area (Å²) < 4.78 is 22.5. The van der Waals surface area contributed by atoms with Gasteiger partial charge in [0.05, 0.1) is 5.75 Å². The smallest absolute Gasteiger partial charge is 0.367 e. The summed E-state index contributed by atoms with van der Waals surface area (Å²) in [5.74, 6) is -1.30. The van der Waals surface area contributed by atoms with Crippen molar-refractivity contribution < 1.29 is 18.3 Å². The number of aromatic nitrogens is 2. The molecule has 0 atom stereocenters. The third kappa shape index (κ3) is 6.60. The van der Waals surface area contributed by atoms with Crippen molar-refractivity contribution in [2.75, 3.05) is 12.3 Å². The van der Waals surface area contributed by atoms with Gasteiger partial charge >= 0.3 is 5.97 Å². The molecular formula is C10H19N3O4S2. The molecule has 1 aromatic rings. The van der Waals surface area contributed by atoms with Crippen LogP contribution in [0.25, 0.3) is 0 Å². The van der Waals surface area contributed by atoms with Crippen molar-refractivity contribution in [3.05, 3.63) is 5.01 Å². The zero-order chi connectivity index (χ0) is 14.9. The van der Waals surface area contributed by atoms with Gasteiger partial charge in [0.25, 0.3) is 0 Å². The number of aromatic carboxylic acids is 1. The molecule has 3 N–H and O–H groups in total. The van der Waals surface area contributed by atoms with Crippen molar-refractivity contribution >= 4 is 27.1 Å². The molecule has 0 saturated carbocycles. The second-order valence-electron chi connectivity index (χ2n) is 3.64. The normalized spacial score (nSPS) is 10.7. The number of sulfone groups is 1. The molecule has 1 rings (SSSR count). The molecule has 0 unspecified atom stereocenters. The highest BCUT2D eigenvalue weighted by Gasteiger charge is 2.21. The number of carbonyl (C=O) groups is 1. The summed E-state index contributed by atoms with van der Waals surface area (Å²) in [6.45, 7) is 4.69. The van der Waals surface area contributed by atoms with Gasteiger partial charge in [0.1, 0.15) is 0 Å². The lowest BCUT2D eigenvalue weighted by molar-refractivity contribution is 0.0695. The predicted molar refractivity (Wildman–Crippen MR) is 73.2 cm³/mol. The van der Waals surface area contributed by atoms with E-state index in [9.17, 15) is 13.2 Å². The van der Waals surface area contributed by atoms with Gasteiger partial charge < -0.3 is 10.8 Å². The van der Waals surface area contributed by atoms with Gasteiger partial charge in [-0.1, -0.05) is 31.6 Å². The molecule has 0 amide bonds. The number of carboxylic acids is 1. The number of rotatable bonds is 6. The van der Waals surface area contributed by atoms with Crippen LogP contribution in [0.5, 0.6) is 0 Å². The highest BCUT2D eigenvalue weighted by molar-refractivity contribution is 7.93. The quantitative estimate of drug-likeness (QED) is 0.808. The molecule has 0 spiro atoms. The molecule has 0 fully saturated rings. The second-order valence-corrected chi connectivity index (χ2v) is 6.90. The van der Waals surface area contributed by atoms with Gasteiger partial charge in [0.15, 0.2) is 0 Å². The summed E-state index contributed by atoms with van der Waals surface area (Å²) in [4.78, 5) is 10.4. The van der Waals surface area contributed by atoms with Gasteiger partial charge in [-0.3, -0.25) is 0 Å². The maximum Gasteiger partial charge on any atom is 0.367 e. The number of hydrogen-bond acceptors (Lipinski definition) is 7. The van der Waals surface area contributed by atoms with Gasteiger partial charge in [-0.25, -0.2) is 13.2 Å². The van der Waals surface area contributed by atoms with Crippen molar-refractivity contribution in [2.24, 2.45) is 5.73 Å². The second kappa shape index (κ2) is 8.94. The van der Waals surface area contributed by atoms with E-state index in [1.807, 2.05) is 0 Å². The monoisotopic (exact) mass is 309 g/mol. The van der Waals surface area contributed by atoms with Crippen molar-refractivity contribution in [2.45, 2.75) is 37.4 Å². The summed E-state index contributed by atoms with van der Waals surface area (Å²) in [5.41, 5.74) is 5.14. The number of nitrogens with two attached hydrogens (primary N) is 1. The molecule has 1 heterocycles. The van der Waals surface area contributed by atoms with Crippen LogP contribution in [0.3, 0.4) is 0 Å². The Morgan fingerprint density at radius 1 is 1.32 bits per heavy atom. The molecule has 0 saturated heterocycles. The van der Waals surface area contributed by atoms with E-state index in [1.54, 1.807) is 6.92 Å². The molecular weight excluding hydrogens is 290 g/mol. The topological polar surface area (TPSA) is 123 Å². The zero-order valence-corrected chi connectivity index (χ0v) is 12.6. The van der Waals surface area contributed by atoms with E-state index in [0.29, 0.717) is 17.8 Å². The zero-order valence-electron chi connectivity index (χ0n) is 11.0. The van der Waals surface area contributed by atoms with Crippen LogP contribution in [0, 0.1) is 0 Å². The van der Waals surface area contributed by atoms with Gasteiger partial charge in [0, 0.05) is 0 Å². The number of hydrogen-bond donors (Lipinski definition) is 2. The summed E-state index contributed by atoms with van der Waals surface area (Å²) in [5, 5.41) is 14.8. The highest BCUT2D eigenvalue weighted by Crippen LogP contribution is 2.17. The Bertz CT molecular complexity index is 483. The molecule has 110 valence electrons. The van der Waals surface area contributed by atoms with Crippen molar-refractivity contribution in [1.82, 2.24) is 10.2 Å². The molecule has 9 heteroatoms. The largest absolute Gasteiger partial charge is 0.476 e. The van der Waals surface area contributed by atoms with Crippen LogP contribution < -0.4 is 5.73 Å². The van der Waals surface area contributed by atoms with E-state index in [0.717, 1.165) is 6.54 Å². The third-order valence-corrected chi connectivity index (χ3v) is 5.16. The summed E-state index contributed by atoms with van der Waals surface area (Å²) in [6, 6.07) is 0. The number of unbranched alkanes of at least 4 members (excludes halogenated alkanes) is 1. The Labute approximate surface area is 116 Å². The lowest BCUT2D eigenvalue weighted by Crippen LogP contribution is -2.05. The Morgan fingerprint density at radius 2 is 1.95 bits per heavy atom. The number of nitrogens with zero attached hydrogens (tertiary/aromatic N) is 2. The predicted octanol–water partition coefficient (Wildman–Crippen LogP) is 1.17. The number of carboxylic acid groups (broad SMARTS) is 1. The van der Waals surface area contributed by atoms with Crippen LogP contribution in [0.2, 0.25) is 0 Å². The Morgan fingerprint density at radius 3 is 2.26 bits per heavy atom. The van der Waals surface area contributed by atoms with Crippen molar-refractivity contribution in [3.63, 3.8) is 0 Å². The van der Waals surface area contributed by atoms with Crippen LogP contribution in [-0.2, 0) is 9.84 Å². The molecule has 19 heavy (non-hydrogen) atoms. The van der Waals surface area contributed by atoms with E-state index in [4.69, 9.17) is 10.8 Å². The SMILES string of the molecule is CCCCN.CCCS(=O)(=O)c1nnc(C(=O)O)s1. The first-order valence-corrected chi connectivity index (χ1v) is 8.35. The van der Waals surface area contributed by atoms with Crippen molar-refractivity contribution in [1.29, 1.82) is 0 Å². The minimum atomic E-state index is -3.44.